The van der Waals surface area contributed by atoms with Crippen LogP contribution < -0.4 is 5.32 Å². The number of nitrogens with one attached hydrogen (secondary N) is 1. The third-order valence-corrected chi connectivity index (χ3v) is 5.20. The molecule has 2 N–H and O–H groups in total. The van der Waals surface area contributed by atoms with Crippen LogP contribution >= 0.6 is 0 Å². The summed E-state index contributed by atoms with van der Waals surface area (Å²) in [6.07, 6.45) is 1.57. The van der Waals surface area contributed by atoms with E-state index in [4.69, 9.17) is 4.74 Å². The first-order valence-electron chi connectivity index (χ1n) is 7.40. The largest absolute Gasteiger partial charge is 0.478 e. The number of hydrogen-bond donors (Lipinski definition) is 2. The molecule has 0 unspecified atom stereocenters. The van der Waals surface area contributed by atoms with E-state index in [1.54, 1.807) is 18.2 Å². The highest BCUT2D eigenvalue weighted by Gasteiger charge is 2.63. The molecule has 2 bridgehead atoms. The lowest BCUT2D eigenvalue weighted by molar-refractivity contribution is -0.145. The number of carbonyl (C=O) groups is 3. The van der Waals surface area contributed by atoms with Gasteiger partial charge in [-0.25, -0.2) is 4.79 Å². The molecule has 3 aliphatic rings. The summed E-state index contributed by atoms with van der Waals surface area (Å²) < 4.78 is 5.32. The summed E-state index contributed by atoms with van der Waals surface area (Å²) in [6, 6.07) is 6.28. The van der Waals surface area contributed by atoms with Crippen molar-refractivity contribution in [1.29, 1.82) is 0 Å². The monoisotopic (exact) mass is 301 g/mol. The van der Waals surface area contributed by atoms with Gasteiger partial charge >= 0.3 is 11.9 Å². The van der Waals surface area contributed by atoms with E-state index in [2.05, 4.69) is 5.32 Å². The molecule has 1 heterocycles. The van der Waals surface area contributed by atoms with Crippen LogP contribution in [0.5, 0.6) is 0 Å². The minimum Gasteiger partial charge on any atom is -0.478 e. The Balaban J connectivity index is 1.59. The Hall–Kier alpha value is -2.37. The highest BCUT2D eigenvalue weighted by atomic mass is 16.6. The molecule has 0 spiro atoms. The lowest BCUT2D eigenvalue weighted by Gasteiger charge is -2.23. The Kier molecular flexibility index (Phi) is 2.76. The molecule has 5 atom stereocenters. The molecule has 1 aromatic rings. The molecule has 2 saturated carbocycles. The van der Waals surface area contributed by atoms with Gasteiger partial charge in [-0.3, -0.25) is 9.59 Å². The number of carboxylic acid groups (broad SMARTS) is 1. The van der Waals surface area contributed by atoms with Gasteiger partial charge in [0.25, 0.3) is 0 Å². The average Bonchev–Trinajstić information content (AvgIpc) is 3.08. The molecular formula is C16H15NO5. The maximum atomic E-state index is 12.6. The van der Waals surface area contributed by atoms with Crippen LogP contribution in [0.3, 0.4) is 0 Å². The fraction of sp³-hybridized carbons (Fsp3) is 0.438. The Morgan fingerprint density at radius 1 is 1.23 bits per heavy atom. The summed E-state index contributed by atoms with van der Waals surface area (Å²) in [6.45, 7) is 0. The van der Waals surface area contributed by atoms with Crippen LogP contribution in [0.2, 0.25) is 0 Å². The summed E-state index contributed by atoms with van der Waals surface area (Å²) in [5.74, 6) is -2.10. The van der Waals surface area contributed by atoms with Crippen LogP contribution in [0.1, 0.15) is 23.2 Å². The van der Waals surface area contributed by atoms with E-state index in [0.717, 1.165) is 12.8 Å². The first-order valence-corrected chi connectivity index (χ1v) is 7.40. The van der Waals surface area contributed by atoms with Crippen molar-refractivity contribution in [1.82, 2.24) is 0 Å². The fourth-order valence-electron chi connectivity index (χ4n) is 4.36. The van der Waals surface area contributed by atoms with E-state index >= 15 is 0 Å². The van der Waals surface area contributed by atoms with Gasteiger partial charge in [0.15, 0.2) is 0 Å². The van der Waals surface area contributed by atoms with E-state index < -0.39 is 11.9 Å². The van der Waals surface area contributed by atoms with Gasteiger partial charge in [-0.15, -0.1) is 0 Å². The van der Waals surface area contributed by atoms with Gasteiger partial charge in [0.05, 0.1) is 23.1 Å². The maximum Gasteiger partial charge on any atom is 0.337 e. The summed E-state index contributed by atoms with van der Waals surface area (Å²) in [4.78, 5) is 35.7. The number of esters is 1. The molecule has 4 rings (SSSR count). The molecule has 114 valence electrons. The second kappa shape index (κ2) is 4.56. The average molecular weight is 301 g/mol. The second-order valence-corrected chi connectivity index (χ2v) is 6.26. The molecule has 2 aliphatic carbocycles. The van der Waals surface area contributed by atoms with E-state index in [-0.39, 0.29) is 47.0 Å². The van der Waals surface area contributed by atoms with Gasteiger partial charge in [-0.05, 0) is 30.9 Å². The van der Waals surface area contributed by atoms with E-state index in [0.29, 0.717) is 0 Å². The third-order valence-electron chi connectivity index (χ3n) is 5.20. The molecule has 0 radical (unpaired) electrons. The number of rotatable bonds is 3. The first-order chi connectivity index (χ1) is 10.6. The van der Waals surface area contributed by atoms with Gasteiger partial charge in [-0.1, -0.05) is 12.1 Å². The third kappa shape index (κ3) is 1.76. The molecule has 6 heteroatoms. The smallest absolute Gasteiger partial charge is 0.337 e. The van der Waals surface area contributed by atoms with Crippen LogP contribution in [-0.2, 0) is 14.3 Å². The first kappa shape index (κ1) is 13.3. The molecule has 1 aliphatic heterocycles. The van der Waals surface area contributed by atoms with Gasteiger partial charge in [0.1, 0.15) is 6.10 Å². The summed E-state index contributed by atoms with van der Waals surface area (Å²) in [5, 5.41) is 11.9. The topological polar surface area (TPSA) is 92.7 Å². The van der Waals surface area contributed by atoms with Crippen LogP contribution in [0.25, 0.3) is 0 Å². The Morgan fingerprint density at radius 2 is 2.00 bits per heavy atom. The Bertz CT molecular complexity index is 683. The molecule has 1 amide bonds. The van der Waals surface area contributed by atoms with Gasteiger partial charge in [-0.2, -0.15) is 0 Å². The van der Waals surface area contributed by atoms with Crippen molar-refractivity contribution in [3.63, 3.8) is 0 Å². The van der Waals surface area contributed by atoms with Crippen molar-refractivity contribution in [2.45, 2.75) is 18.9 Å². The van der Waals surface area contributed by atoms with Crippen molar-refractivity contribution in [3.8, 4) is 0 Å². The quantitative estimate of drug-likeness (QED) is 0.826. The van der Waals surface area contributed by atoms with E-state index in [9.17, 15) is 19.5 Å². The summed E-state index contributed by atoms with van der Waals surface area (Å²) >= 11 is 0. The standard InChI is InChI=1S/C16H15NO5/c18-14(17-10-4-2-1-3-8(10)15(19)20)12-7-5-9-11(6-7)22-16(21)13(9)12/h1-4,7,9,11-13H,5-6H2,(H,17,18)(H,19,20)/t7-,9+,11-,12-,13+/m0/s1. The Labute approximate surface area is 126 Å². The fourth-order valence-corrected chi connectivity index (χ4v) is 4.36. The number of carboxylic acids is 1. The summed E-state index contributed by atoms with van der Waals surface area (Å²) in [5.41, 5.74) is 0.316. The second-order valence-electron chi connectivity index (χ2n) is 6.26. The molecule has 22 heavy (non-hydrogen) atoms. The zero-order valence-corrected chi connectivity index (χ0v) is 11.7. The molecule has 1 saturated heterocycles. The highest BCUT2D eigenvalue weighted by molar-refractivity contribution is 6.02. The summed E-state index contributed by atoms with van der Waals surface area (Å²) in [7, 11) is 0. The predicted molar refractivity (Wildman–Crippen MR) is 75.1 cm³/mol. The number of benzene rings is 1. The minimum atomic E-state index is -1.09. The van der Waals surface area contributed by atoms with Gasteiger partial charge in [0, 0.05) is 5.92 Å². The number of carbonyl (C=O) groups excluding carboxylic acids is 2. The molecule has 6 nitrogen and oxygen atoms in total. The van der Waals surface area contributed by atoms with Crippen LogP contribution in [0.4, 0.5) is 5.69 Å². The van der Waals surface area contributed by atoms with Crippen molar-refractivity contribution in [2.75, 3.05) is 5.32 Å². The van der Waals surface area contributed by atoms with Crippen molar-refractivity contribution < 1.29 is 24.2 Å². The molecule has 0 aromatic heterocycles. The van der Waals surface area contributed by atoms with Crippen molar-refractivity contribution in [2.24, 2.45) is 23.7 Å². The van der Waals surface area contributed by atoms with Crippen LogP contribution in [0, 0.1) is 23.7 Å². The van der Waals surface area contributed by atoms with E-state index in [1.165, 1.54) is 6.07 Å². The highest BCUT2D eigenvalue weighted by Crippen LogP contribution is 2.57. The molecular weight excluding hydrogens is 286 g/mol. The van der Waals surface area contributed by atoms with Gasteiger partial charge in [0.2, 0.25) is 5.91 Å². The number of fused-ring (bicyclic) bond motifs is 1. The zero-order chi connectivity index (χ0) is 15.4. The molecule has 3 fully saturated rings. The Morgan fingerprint density at radius 3 is 2.77 bits per heavy atom. The predicted octanol–water partition coefficient (Wildman–Crippen LogP) is 1.52. The minimum absolute atomic E-state index is 0.0159. The SMILES string of the molecule is O=C(O)c1ccccc1NC(=O)[C@H]1[C@H]2C[C@H]3[C@H]1C(=O)O[C@H]3C2. The number of amides is 1. The van der Waals surface area contributed by atoms with E-state index in [1.807, 2.05) is 0 Å². The lowest BCUT2D eigenvalue weighted by Crippen LogP contribution is -2.36. The zero-order valence-electron chi connectivity index (χ0n) is 11.7. The van der Waals surface area contributed by atoms with Crippen LogP contribution in [-0.4, -0.2) is 29.1 Å². The van der Waals surface area contributed by atoms with Crippen molar-refractivity contribution >= 4 is 23.5 Å². The normalized spacial score (nSPS) is 34.5. The number of anilines is 1. The maximum absolute atomic E-state index is 12.6. The van der Waals surface area contributed by atoms with Crippen molar-refractivity contribution in [3.05, 3.63) is 29.8 Å². The number of hydrogen-bond acceptors (Lipinski definition) is 4. The van der Waals surface area contributed by atoms with Crippen LogP contribution in [0.15, 0.2) is 24.3 Å². The molecule has 1 aromatic carbocycles. The lowest BCUT2D eigenvalue weighted by atomic mass is 9.79. The number of ether oxygens (including phenoxy) is 1. The number of para-hydroxylation sites is 1. The van der Waals surface area contributed by atoms with Gasteiger partial charge < -0.3 is 15.2 Å². The number of aromatic carboxylic acids is 1.